The molecule has 0 radical (unpaired) electrons. The number of guanidine groups is 1. The molecule has 3 rings (SSSR count). The van der Waals surface area contributed by atoms with E-state index in [-0.39, 0.29) is 24.0 Å². The second-order valence-electron chi connectivity index (χ2n) is 6.11. The summed E-state index contributed by atoms with van der Waals surface area (Å²) in [5.41, 5.74) is 0. The normalized spacial score (nSPS) is 17.1. The minimum absolute atomic E-state index is 0. The number of furan rings is 1. The topological polar surface area (TPSA) is 71.7 Å². The Hall–Kier alpha value is -1.13. The molecule has 1 aliphatic rings. The van der Waals surface area contributed by atoms with Crippen LogP contribution in [0.25, 0.3) is 0 Å². The molecule has 0 saturated carbocycles. The van der Waals surface area contributed by atoms with Gasteiger partial charge in [-0.05, 0) is 25.0 Å². The lowest BCUT2D eigenvalue weighted by Gasteiger charge is -2.14. The lowest BCUT2D eigenvalue weighted by atomic mass is 10.1. The SMILES string of the molecule is CCc1cnc(CN=C(NCCc2ccco2)NCC2CCOC2)s1.I. The molecule has 1 atom stereocenters. The Bertz CT molecular complexity index is 654. The van der Waals surface area contributed by atoms with Gasteiger partial charge in [0.05, 0.1) is 19.4 Å². The number of thiazole rings is 1. The van der Waals surface area contributed by atoms with E-state index >= 15 is 0 Å². The molecular weight excluding hydrogens is 463 g/mol. The van der Waals surface area contributed by atoms with E-state index in [0.29, 0.717) is 12.5 Å². The van der Waals surface area contributed by atoms with Crippen molar-refractivity contribution in [3.8, 4) is 0 Å². The number of nitrogens with one attached hydrogen (secondary N) is 2. The summed E-state index contributed by atoms with van der Waals surface area (Å²) < 4.78 is 10.8. The Labute approximate surface area is 175 Å². The standard InChI is InChI=1S/C18H26N4O2S.HI/c1-2-16-11-20-17(25-16)12-22-18(21-10-14-6-9-23-13-14)19-7-5-15-4-3-8-24-15;/h3-4,8,11,14H,2,5-7,9-10,12-13H2,1H3,(H2,19,21,22);1H. The van der Waals surface area contributed by atoms with Crippen molar-refractivity contribution in [3.05, 3.63) is 40.2 Å². The van der Waals surface area contributed by atoms with Gasteiger partial charge in [0.25, 0.3) is 0 Å². The van der Waals surface area contributed by atoms with Crippen LogP contribution in [-0.4, -0.2) is 37.2 Å². The van der Waals surface area contributed by atoms with E-state index in [1.807, 2.05) is 18.3 Å². The molecule has 144 valence electrons. The fourth-order valence-corrected chi connectivity index (χ4v) is 3.44. The van der Waals surface area contributed by atoms with Crippen LogP contribution in [0.15, 0.2) is 34.0 Å². The van der Waals surface area contributed by atoms with Crippen LogP contribution in [0.5, 0.6) is 0 Å². The molecule has 26 heavy (non-hydrogen) atoms. The van der Waals surface area contributed by atoms with Crippen LogP contribution in [-0.2, 0) is 24.1 Å². The van der Waals surface area contributed by atoms with Crippen molar-refractivity contribution in [1.29, 1.82) is 0 Å². The predicted octanol–water partition coefficient (Wildman–Crippen LogP) is 3.23. The molecule has 1 saturated heterocycles. The number of hydrogen-bond acceptors (Lipinski definition) is 5. The molecule has 0 amide bonds. The number of halogens is 1. The minimum Gasteiger partial charge on any atom is -0.469 e. The summed E-state index contributed by atoms with van der Waals surface area (Å²) in [4.78, 5) is 10.4. The zero-order valence-corrected chi connectivity index (χ0v) is 18.2. The first kappa shape index (κ1) is 21.2. The molecular formula is C18H27IN4O2S. The summed E-state index contributed by atoms with van der Waals surface area (Å²) in [6.45, 7) is 6.10. The number of aliphatic imine (C=N–C) groups is 1. The molecule has 0 spiro atoms. The number of nitrogens with zero attached hydrogens (tertiary/aromatic N) is 2. The molecule has 0 bridgehead atoms. The number of hydrogen-bond donors (Lipinski definition) is 2. The van der Waals surface area contributed by atoms with Crippen molar-refractivity contribution in [2.45, 2.75) is 32.7 Å². The van der Waals surface area contributed by atoms with Gasteiger partial charge in [-0.15, -0.1) is 35.3 Å². The molecule has 2 aromatic heterocycles. The van der Waals surface area contributed by atoms with Crippen LogP contribution in [0, 0.1) is 5.92 Å². The van der Waals surface area contributed by atoms with Gasteiger partial charge in [0.2, 0.25) is 0 Å². The molecule has 6 nitrogen and oxygen atoms in total. The fourth-order valence-electron chi connectivity index (χ4n) is 2.65. The average Bonchev–Trinajstić information content (AvgIpc) is 3.39. The Kier molecular flexibility index (Phi) is 9.41. The predicted molar refractivity (Wildman–Crippen MR) is 115 cm³/mol. The van der Waals surface area contributed by atoms with Gasteiger partial charge in [-0.2, -0.15) is 0 Å². The highest BCUT2D eigenvalue weighted by Crippen LogP contribution is 2.14. The van der Waals surface area contributed by atoms with Crippen LogP contribution < -0.4 is 10.6 Å². The lowest BCUT2D eigenvalue weighted by molar-refractivity contribution is 0.186. The van der Waals surface area contributed by atoms with Gasteiger partial charge in [0, 0.05) is 43.1 Å². The van der Waals surface area contributed by atoms with E-state index in [9.17, 15) is 0 Å². The molecule has 3 heterocycles. The molecule has 1 fully saturated rings. The number of aryl methyl sites for hydroxylation is 1. The van der Waals surface area contributed by atoms with E-state index in [1.54, 1.807) is 17.6 Å². The first-order chi connectivity index (χ1) is 12.3. The minimum atomic E-state index is 0. The zero-order chi connectivity index (χ0) is 17.3. The van der Waals surface area contributed by atoms with Crippen LogP contribution in [0.3, 0.4) is 0 Å². The van der Waals surface area contributed by atoms with Crippen molar-refractivity contribution in [2.24, 2.45) is 10.9 Å². The number of aromatic nitrogens is 1. The van der Waals surface area contributed by atoms with Crippen LogP contribution in [0.4, 0.5) is 0 Å². The lowest BCUT2D eigenvalue weighted by Crippen LogP contribution is -2.40. The highest BCUT2D eigenvalue weighted by atomic mass is 127. The highest BCUT2D eigenvalue weighted by Gasteiger charge is 2.15. The van der Waals surface area contributed by atoms with Gasteiger partial charge in [-0.3, -0.25) is 0 Å². The Balaban J connectivity index is 0.00000243. The van der Waals surface area contributed by atoms with E-state index in [0.717, 1.165) is 62.3 Å². The summed E-state index contributed by atoms with van der Waals surface area (Å²) in [5.74, 6) is 2.36. The van der Waals surface area contributed by atoms with Gasteiger partial charge in [0.15, 0.2) is 5.96 Å². The van der Waals surface area contributed by atoms with Crippen LogP contribution in [0.2, 0.25) is 0 Å². The third-order valence-corrected chi connectivity index (χ3v) is 5.27. The summed E-state index contributed by atoms with van der Waals surface area (Å²) >= 11 is 1.73. The first-order valence-electron chi connectivity index (χ1n) is 8.89. The molecule has 1 aliphatic heterocycles. The molecule has 8 heteroatoms. The van der Waals surface area contributed by atoms with E-state index in [4.69, 9.17) is 14.1 Å². The fraction of sp³-hybridized carbons (Fsp3) is 0.556. The van der Waals surface area contributed by atoms with Crippen LogP contribution in [0.1, 0.15) is 29.0 Å². The summed E-state index contributed by atoms with van der Waals surface area (Å²) in [5, 5.41) is 7.88. The summed E-state index contributed by atoms with van der Waals surface area (Å²) in [6, 6.07) is 3.90. The van der Waals surface area contributed by atoms with Gasteiger partial charge >= 0.3 is 0 Å². The molecule has 2 N–H and O–H groups in total. The molecule has 0 aliphatic carbocycles. The second-order valence-corrected chi connectivity index (χ2v) is 7.31. The maximum absolute atomic E-state index is 5.44. The monoisotopic (exact) mass is 490 g/mol. The van der Waals surface area contributed by atoms with Crippen molar-refractivity contribution < 1.29 is 9.15 Å². The van der Waals surface area contributed by atoms with E-state index in [1.165, 1.54) is 4.88 Å². The van der Waals surface area contributed by atoms with Crippen molar-refractivity contribution >= 4 is 41.3 Å². The van der Waals surface area contributed by atoms with E-state index < -0.39 is 0 Å². The summed E-state index contributed by atoms with van der Waals surface area (Å²) in [7, 11) is 0. The van der Waals surface area contributed by atoms with Gasteiger partial charge in [-0.1, -0.05) is 6.92 Å². The van der Waals surface area contributed by atoms with Crippen molar-refractivity contribution in [3.63, 3.8) is 0 Å². The Morgan fingerprint density at radius 3 is 3.04 bits per heavy atom. The zero-order valence-electron chi connectivity index (χ0n) is 15.1. The van der Waals surface area contributed by atoms with Crippen molar-refractivity contribution in [2.75, 3.05) is 26.3 Å². The highest BCUT2D eigenvalue weighted by molar-refractivity contribution is 14.0. The van der Waals surface area contributed by atoms with Crippen LogP contribution >= 0.6 is 35.3 Å². The molecule has 0 aromatic carbocycles. The van der Waals surface area contributed by atoms with Gasteiger partial charge in [0.1, 0.15) is 10.8 Å². The molecule has 2 aromatic rings. The maximum Gasteiger partial charge on any atom is 0.191 e. The largest absolute Gasteiger partial charge is 0.469 e. The third kappa shape index (κ3) is 6.88. The Morgan fingerprint density at radius 1 is 1.42 bits per heavy atom. The molecule has 1 unspecified atom stereocenters. The van der Waals surface area contributed by atoms with E-state index in [2.05, 4.69) is 22.5 Å². The second kappa shape index (κ2) is 11.6. The first-order valence-corrected chi connectivity index (χ1v) is 9.71. The van der Waals surface area contributed by atoms with Gasteiger partial charge < -0.3 is 19.8 Å². The third-order valence-electron chi connectivity index (χ3n) is 4.15. The Morgan fingerprint density at radius 2 is 2.35 bits per heavy atom. The average molecular weight is 490 g/mol. The smallest absolute Gasteiger partial charge is 0.191 e. The number of rotatable bonds is 8. The van der Waals surface area contributed by atoms with Gasteiger partial charge in [-0.25, -0.2) is 9.98 Å². The van der Waals surface area contributed by atoms with Crippen molar-refractivity contribution in [1.82, 2.24) is 15.6 Å². The number of ether oxygens (including phenoxy) is 1. The summed E-state index contributed by atoms with van der Waals surface area (Å²) in [6.07, 6.45) is 6.62. The quantitative estimate of drug-likeness (QED) is 0.338. The maximum atomic E-state index is 5.44.